The van der Waals surface area contributed by atoms with Gasteiger partial charge in [0.05, 0.1) is 6.20 Å². The van der Waals surface area contributed by atoms with E-state index in [1.807, 2.05) is 6.08 Å². The Morgan fingerprint density at radius 1 is 1.88 bits per heavy atom. The van der Waals surface area contributed by atoms with Crippen molar-refractivity contribution in [2.24, 2.45) is 0 Å². The number of hydrazine groups is 1. The zero-order valence-corrected chi connectivity index (χ0v) is 4.20. The molecule has 4 heteroatoms. The van der Waals surface area contributed by atoms with Crippen LogP contribution in [0, 0.1) is 0 Å². The van der Waals surface area contributed by atoms with E-state index >= 15 is 0 Å². The monoisotopic (exact) mass is 114 g/mol. The molecule has 1 N–H and O–H groups in total. The number of hydroxylamine groups is 1. The fourth-order valence-electron chi connectivity index (χ4n) is 0.463. The lowest BCUT2D eigenvalue weighted by Gasteiger charge is -2.09. The van der Waals surface area contributed by atoms with Crippen LogP contribution in [0.4, 0.5) is 0 Å². The molecule has 4 nitrogen and oxygen atoms in total. The quantitative estimate of drug-likeness (QED) is 0.487. The van der Waals surface area contributed by atoms with Gasteiger partial charge in [0.2, 0.25) is 0 Å². The summed E-state index contributed by atoms with van der Waals surface area (Å²) < 4.78 is 0. The van der Waals surface area contributed by atoms with E-state index in [1.165, 1.54) is 5.17 Å². The van der Waals surface area contributed by atoms with E-state index in [-0.39, 0.29) is 0 Å². The Morgan fingerprint density at radius 2 is 2.75 bits per heavy atom. The first kappa shape index (κ1) is 5.11. The summed E-state index contributed by atoms with van der Waals surface area (Å²) in [6.07, 6.45) is 3.47. The summed E-state index contributed by atoms with van der Waals surface area (Å²) in [5, 5.41) is 1.24. The van der Waals surface area contributed by atoms with Gasteiger partial charge in [-0.2, -0.15) is 5.43 Å². The van der Waals surface area contributed by atoms with Crippen molar-refractivity contribution >= 4 is 6.47 Å². The Labute approximate surface area is 46.6 Å². The Kier molecular flexibility index (Phi) is 1.48. The van der Waals surface area contributed by atoms with Gasteiger partial charge >= 0.3 is 6.47 Å². The molecule has 0 unspecified atom stereocenters. The third kappa shape index (κ3) is 0.974. The predicted octanol–water partition coefficient (Wildman–Crippen LogP) is -0.592. The summed E-state index contributed by atoms with van der Waals surface area (Å²) in [7, 11) is 0. The number of hydrogen-bond acceptors (Lipinski definition) is 4. The molecular formula is C4H6N2O2. The van der Waals surface area contributed by atoms with Gasteiger partial charge in [-0.1, -0.05) is 0 Å². The summed E-state index contributed by atoms with van der Waals surface area (Å²) in [6.45, 7) is 1.08. The van der Waals surface area contributed by atoms with Crippen molar-refractivity contribution in [3.8, 4) is 0 Å². The molecule has 44 valence electrons. The maximum Gasteiger partial charge on any atom is 0.322 e. The van der Waals surface area contributed by atoms with Gasteiger partial charge in [0.25, 0.3) is 0 Å². The largest absolute Gasteiger partial charge is 0.329 e. The molecular weight excluding hydrogens is 108 g/mol. The topological polar surface area (TPSA) is 41.6 Å². The van der Waals surface area contributed by atoms with Crippen molar-refractivity contribution < 1.29 is 9.63 Å². The maximum absolute atomic E-state index is 9.62. The number of carbonyl (C=O) groups is 1. The van der Waals surface area contributed by atoms with Gasteiger partial charge in [-0.3, -0.25) is 4.79 Å². The molecule has 0 aliphatic carbocycles. The molecule has 0 bridgehead atoms. The van der Waals surface area contributed by atoms with E-state index in [0.717, 1.165) is 0 Å². The minimum absolute atomic E-state index is 0.364. The van der Waals surface area contributed by atoms with Crippen molar-refractivity contribution in [3.63, 3.8) is 0 Å². The molecule has 8 heavy (non-hydrogen) atoms. The highest BCUT2D eigenvalue weighted by Crippen LogP contribution is 1.89. The highest BCUT2D eigenvalue weighted by Gasteiger charge is 1.99. The molecule has 0 saturated carbocycles. The van der Waals surface area contributed by atoms with Gasteiger partial charge in [0.15, 0.2) is 0 Å². The third-order valence-corrected chi connectivity index (χ3v) is 0.762. The van der Waals surface area contributed by atoms with Crippen LogP contribution in [0.3, 0.4) is 0 Å². The van der Waals surface area contributed by atoms with Gasteiger partial charge in [-0.05, 0) is 6.08 Å². The third-order valence-electron chi connectivity index (χ3n) is 0.762. The molecule has 1 aliphatic rings. The summed E-state index contributed by atoms with van der Waals surface area (Å²) >= 11 is 0. The fraction of sp³-hybridized carbons (Fsp3) is 0.250. The molecule has 0 amide bonds. The number of rotatable bonds is 2. The van der Waals surface area contributed by atoms with Gasteiger partial charge in [0, 0.05) is 6.54 Å². The molecule has 0 atom stereocenters. The van der Waals surface area contributed by atoms with Gasteiger partial charge in [0.1, 0.15) is 0 Å². The van der Waals surface area contributed by atoms with Crippen LogP contribution < -0.4 is 5.43 Å². The van der Waals surface area contributed by atoms with Crippen molar-refractivity contribution in [1.82, 2.24) is 10.6 Å². The van der Waals surface area contributed by atoms with Crippen LogP contribution in [0.5, 0.6) is 0 Å². The lowest BCUT2D eigenvalue weighted by Crippen LogP contribution is -2.28. The highest BCUT2D eigenvalue weighted by molar-refractivity contribution is 5.36. The van der Waals surface area contributed by atoms with Gasteiger partial charge in [-0.25, -0.2) is 0 Å². The Balaban J connectivity index is 2.25. The van der Waals surface area contributed by atoms with Crippen LogP contribution in [-0.4, -0.2) is 18.2 Å². The van der Waals surface area contributed by atoms with E-state index < -0.39 is 0 Å². The number of nitrogens with zero attached hydrogens (tertiary/aromatic N) is 1. The number of hydrogen-bond donors (Lipinski definition) is 1. The first-order valence-corrected chi connectivity index (χ1v) is 2.23. The molecule has 0 radical (unpaired) electrons. The summed E-state index contributed by atoms with van der Waals surface area (Å²) in [4.78, 5) is 14.0. The van der Waals surface area contributed by atoms with Crippen molar-refractivity contribution in [2.75, 3.05) is 6.54 Å². The van der Waals surface area contributed by atoms with E-state index in [2.05, 4.69) is 10.3 Å². The molecule has 1 rings (SSSR count). The SMILES string of the molecule is O=CON1C=CCN1. The summed E-state index contributed by atoms with van der Waals surface area (Å²) in [5.41, 5.74) is 2.73. The highest BCUT2D eigenvalue weighted by atomic mass is 16.7. The first-order chi connectivity index (χ1) is 3.93. The zero-order chi connectivity index (χ0) is 5.82. The zero-order valence-electron chi connectivity index (χ0n) is 4.20. The molecule has 0 saturated heterocycles. The van der Waals surface area contributed by atoms with Crippen LogP contribution >= 0.6 is 0 Å². The summed E-state index contributed by atoms with van der Waals surface area (Å²) in [6, 6.07) is 0. The number of nitrogens with one attached hydrogen (secondary N) is 1. The predicted molar refractivity (Wildman–Crippen MR) is 26.1 cm³/mol. The minimum atomic E-state index is 0.364. The average Bonchev–Trinajstić information content (AvgIpc) is 2.19. The number of carbonyl (C=O) groups excluding carboxylic acids is 1. The van der Waals surface area contributed by atoms with Crippen LogP contribution in [0.25, 0.3) is 0 Å². The van der Waals surface area contributed by atoms with E-state index in [9.17, 15) is 4.79 Å². The van der Waals surface area contributed by atoms with Crippen LogP contribution in [0.2, 0.25) is 0 Å². The summed E-state index contributed by atoms with van der Waals surface area (Å²) in [5.74, 6) is 0. The Morgan fingerprint density at radius 3 is 3.25 bits per heavy atom. The minimum Gasteiger partial charge on any atom is -0.329 e. The lowest BCUT2D eigenvalue weighted by atomic mass is 10.7. The van der Waals surface area contributed by atoms with Crippen molar-refractivity contribution in [2.45, 2.75) is 0 Å². The molecule has 0 aromatic carbocycles. The van der Waals surface area contributed by atoms with E-state index in [1.54, 1.807) is 6.20 Å². The van der Waals surface area contributed by atoms with E-state index in [4.69, 9.17) is 0 Å². The first-order valence-electron chi connectivity index (χ1n) is 2.23. The van der Waals surface area contributed by atoms with Gasteiger partial charge in [-0.15, -0.1) is 5.17 Å². The second-order valence-corrected chi connectivity index (χ2v) is 1.27. The van der Waals surface area contributed by atoms with Crippen molar-refractivity contribution in [1.29, 1.82) is 0 Å². The second-order valence-electron chi connectivity index (χ2n) is 1.27. The van der Waals surface area contributed by atoms with Crippen LogP contribution in [0.1, 0.15) is 0 Å². The molecule has 0 fully saturated rings. The standard InChI is InChI=1S/C4H6N2O2/c7-4-8-6-3-1-2-5-6/h1,3-5H,2H2. The van der Waals surface area contributed by atoms with E-state index in [0.29, 0.717) is 13.0 Å². The Hall–Kier alpha value is -1.03. The molecule has 0 aromatic heterocycles. The van der Waals surface area contributed by atoms with Gasteiger partial charge < -0.3 is 4.84 Å². The smallest absolute Gasteiger partial charge is 0.322 e. The molecule has 1 heterocycles. The fourth-order valence-corrected chi connectivity index (χ4v) is 0.463. The average molecular weight is 114 g/mol. The van der Waals surface area contributed by atoms with Crippen LogP contribution in [-0.2, 0) is 9.63 Å². The normalized spacial score (nSPS) is 16.8. The molecule has 0 spiro atoms. The molecule has 1 aliphatic heterocycles. The lowest BCUT2D eigenvalue weighted by molar-refractivity contribution is -0.169. The van der Waals surface area contributed by atoms with Crippen LogP contribution in [0.15, 0.2) is 12.3 Å². The second kappa shape index (κ2) is 2.32. The van der Waals surface area contributed by atoms with Crippen molar-refractivity contribution in [3.05, 3.63) is 12.3 Å². The maximum atomic E-state index is 9.62. The molecule has 0 aromatic rings. The Bertz CT molecular complexity index is 113.